The highest BCUT2D eigenvalue weighted by Gasteiger charge is 2.23. The fourth-order valence-electron chi connectivity index (χ4n) is 2.72. The summed E-state index contributed by atoms with van der Waals surface area (Å²) in [5.41, 5.74) is 3.10. The maximum atomic E-state index is 12.7. The van der Waals surface area contributed by atoms with Gasteiger partial charge in [-0.3, -0.25) is 14.9 Å². The second-order valence-electron chi connectivity index (χ2n) is 6.24. The van der Waals surface area contributed by atoms with Gasteiger partial charge >= 0.3 is 0 Å². The van der Waals surface area contributed by atoms with Crippen molar-refractivity contribution >= 4 is 27.7 Å². The van der Waals surface area contributed by atoms with Crippen molar-refractivity contribution in [2.45, 2.75) is 32.6 Å². The number of aryl methyl sites for hydroxylation is 2. The molecule has 0 aliphatic heterocycles. The molecular formula is C19H20N2O5S. The standard InChI is InChI=1S/C19H20N2O5S/c1-12-10-13(2)15(4)19(14(12)3)27(25,26)20-18(22)9-8-16-6-5-7-17(11-16)21(23)24/h5-11H,1-4H3,(H,20,22)/b9-8+. The average molecular weight is 388 g/mol. The van der Waals surface area contributed by atoms with E-state index >= 15 is 0 Å². The Labute approximate surface area is 157 Å². The molecule has 0 aliphatic rings. The van der Waals surface area contributed by atoms with Gasteiger partial charge in [0.1, 0.15) is 0 Å². The van der Waals surface area contributed by atoms with Crippen molar-refractivity contribution in [1.82, 2.24) is 4.72 Å². The minimum atomic E-state index is -4.05. The van der Waals surface area contributed by atoms with E-state index in [1.54, 1.807) is 19.9 Å². The summed E-state index contributed by atoms with van der Waals surface area (Å²) < 4.78 is 27.4. The molecule has 7 nitrogen and oxygen atoms in total. The quantitative estimate of drug-likeness (QED) is 0.480. The summed E-state index contributed by atoms with van der Waals surface area (Å²) in [6.07, 6.45) is 2.35. The van der Waals surface area contributed by atoms with Gasteiger partial charge in [0, 0.05) is 18.2 Å². The van der Waals surface area contributed by atoms with Gasteiger partial charge < -0.3 is 0 Å². The van der Waals surface area contributed by atoms with Crippen LogP contribution in [-0.2, 0) is 14.8 Å². The van der Waals surface area contributed by atoms with Gasteiger partial charge in [0.2, 0.25) is 0 Å². The molecule has 27 heavy (non-hydrogen) atoms. The van der Waals surface area contributed by atoms with Crippen LogP contribution in [0.2, 0.25) is 0 Å². The molecule has 0 aromatic heterocycles. The number of amides is 1. The second kappa shape index (κ2) is 7.71. The molecule has 0 heterocycles. The number of carbonyl (C=O) groups excluding carboxylic acids is 1. The highest BCUT2D eigenvalue weighted by molar-refractivity contribution is 7.90. The number of rotatable bonds is 5. The summed E-state index contributed by atoms with van der Waals surface area (Å²) in [6, 6.07) is 7.57. The Hall–Kier alpha value is -3.00. The van der Waals surface area contributed by atoms with Gasteiger partial charge in [-0.2, -0.15) is 0 Å². The molecule has 0 spiro atoms. The van der Waals surface area contributed by atoms with E-state index in [0.29, 0.717) is 16.7 Å². The van der Waals surface area contributed by atoms with Gasteiger partial charge in [0.15, 0.2) is 0 Å². The molecule has 2 aromatic carbocycles. The van der Waals surface area contributed by atoms with E-state index in [0.717, 1.165) is 17.2 Å². The van der Waals surface area contributed by atoms with Crippen LogP contribution < -0.4 is 4.72 Å². The predicted molar refractivity (Wildman–Crippen MR) is 103 cm³/mol. The molecule has 0 atom stereocenters. The number of carbonyl (C=O) groups is 1. The minimum absolute atomic E-state index is 0.0945. The van der Waals surface area contributed by atoms with E-state index < -0.39 is 20.9 Å². The second-order valence-corrected chi connectivity index (χ2v) is 7.86. The monoisotopic (exact) mass is 388 g/mol. The third-order valence-electron chi connectivity index (χ3n) is 4.31. The van der Waals surface area contributed by atoms with Crippen LogP contribution in [0, 0.1) is 37.8 Å². The van der Waals surface area contributed by atoms with Gasteiger partial charge in [0.25, 0.3) is 21.6 Å². The minimum Gasteiger partial charge on any atom is -0.269 e. The Morgan fingerprint density at radius 1 is 1.07 bits per heavy atom. The van der Waals surface area contributed by atoms with Gasteiger partial charge in [-0.25, -0.2) is 13.1 Å². The van der Waals surface area contributed by atoms with Crippen molar-refractivity contribution < 1.29 is 18.1 Å². The Kier molecular flexibility index (Phi) is 5.80. The molecule has 2 aromatic rings. The van der Waals surface area contributed by atoms with Crippen molar-refractivity contribution in [3.63, 3.8) is 0 Å². The van der Waals surface area contributed by atoms with Crippen LogP contribution in [0.3, 0.4) is 0 Å². The number of nitrogens with one attached hydrogen (secondary N) is 1. The fraction of sp³-hybridized carbons (Fsp3) is 0.211. The first-order valence-corrected chi connectivity index (χ1v) is 9.58. The molecule has 0 unspecified atom stereocenters. The number of hydrogen-bond acceptors (Lipinski definition) is 5. The highest BCUT2D eigenvalue weighted by atomic mass is 32.2. The zero-order chi connectivity index (χ0) is 20.4. The van der Waals surface area contributed by atoms with Gasteiger partial charge in [0.05, 0.1) is 9.82 Å². The zero-order valence-electron chi connectivity index (χ0n) is 15.4. The Morgan fingerprint density at radius 2 is 1.67 bits per heavy atom. The number of sulfonamides is 1. The van der Waals surface area contributed by atoms with Gasteiger partial charge in [-0.1, -0.05) is 18.2 Å². The van der Waals surface area contributed by atoms with Gasteiger partial charge in [-0.05, 0) is 61.6 Å². The molecular weight excluding hydrogens is 368 g/mol. The molecule has 0 radical (unpaired) electrons. The summed E-state index contributed by atoms with van der Waals surface area (Å²) in [7, 11) is -4.05. The molecule has 2 rings (SSSR count). The lowest BCUT2D eigenvalue weighted by molar-refractivity contribution is -0.384. The first-order valence-electron chi connectivity index (χ1n) is 8.09. The molecule has 0 saturated heterocycles. The molecule has 8 heteroatoms. The number of nitro groups is 1. The average Bonchev–Trinajstić information content (AvgIpc) is 2.58. The predicted octanol–water partition coefficient (Wildman–Crippen LogP) is 3.35. The van der Waals surface area contributed by atoms with Crippen molar-refractivity contribution in [1.29, 1.82) is 0 Å². The highest BCUT2D eigenvalue weighted by Crippen LogP contribution is 2.25. The zero-order valence-corrected chi connectivity index (χ0v) is 16.3. The SMILES string of the molecule is Cc1cc(C)c(C)c(S(=O)(=O)NC(=O)/C=C/c2cccc([N+](=O)[O-])c2)c1C. The summed E-state index contributed by atoms with van der Waals surface area (Å²) in [6.45, 7) is 7.01. The third-order valence-corrected chi connectivity index (χ3v) is 5.93. The summed E-state index contributed by atoms with van der Waals surface area (Å²) >= 11 is 0. The Morgan fingerprint density at radius 3 is 2.22 bits per heavy atom. The first kappa shape index (κ1) is 20.3. The molecule has 1 N–H and O–H groups in total. The van der Waals surface area contributed by atoms with Crippen LogP contribution in [0.5, 0.6) is 0 Å². The van der Waals surface area contributed by atoms with E-state index in [1.165, 1.54) is 24.3 Å². The number of nitro benzene ring substituents is 1. The summed E-state index contributed by atoms with van der Waals surface area (Å²) in [5, 5.41) is 10.8. The third kappa shape index (κ3) is 4.59. The Bertz CT molecular complexity index is 1030. The normalized spacial score (nSPS) is 11.6. The van der Waals surface area contributed by atoms with Crippen molar-refractivity contribution in [2.75, 3.05) is 0 Å². The van der Waals surface area contributed by atoms with Crippen molar-refractivity contribution in [2.24, 2.45) is 0 Å². The van der Waals surface area contributed by atoms with Crippen LogP contribution in [0.1, 0.15) is 27.8 Å². The van der Waals surface area contributed by atoms with E-state index in [2.05, 4.69) is 0 Å². The largest absolute Gasteiger partial charge is 0.270 e. The molecule has 1 amide bonds. The molecule has 0 bridgehead atoms. The van der Waals surface area contributed by atoms with E-state index in [4.69, 9.17) is 0 Å². The van der Waals surface area contributed by atoms with E-state index in [-0.39, 0.29) is 10.6 Å². The number of hydrogen-bond donors (Lipinski definition) is 1. The van der Waals surface area contributed by atoms with Crippen molar-refractivity contribution in [3.05, 3.63) is 74.3 Å². The van der Waals surface area contributed by atoms with Gasteiger partial charge in [-0.15, -0.1) is 0 Å². The summed E-state index contributed by atoms with van der Waals surface area (Å²) in [5.74, 6) is -0.834. The smallest absolute Gasteiger partial charge is 0.269 e. The Balaban J connectivity index is 2.28. The maximum Gasteiger partial charge on any atom is 0.270 e. The summed E-state index contributed by atoms with van der Waals surface area (Å²) in [4.78, 5) is 22.4. The number of nitrogens with zero attached hydrogens (tertiary/aromatic N) is 1. The lowest BCUT2D eigenvalue weighted by Gasteiger charge is -2.15. The van der Waals surface area contributed by atoms with Crippen LogP contribution >= 0.6 is 0 Å². The fourth-order valence-corrected chi connectivity index (χ4v) is 4.28. The number of non-ortho nitro benzene ring substituents is 1. The number of benzene rings is 2. The first-order chi connectivity index (χ1) is 12.5. The van der Waals surface area contributed by atoms with E-state index in [1.807, 2.05) is 24.6 Å². The van der Waals surface area contributed by atoms with Crippen molar-refractivity contribution in [3.8, 4) is 0 Å². The molecule has 0 aliphatic carbocycles. The topological polar surface area (TPSA) is 106 Å². The molecule has 0 fully saturated rings. The van der Waals surface area contributed by atoms with Crippen LogP contribution in [0.4, 0.5) is 5.69 Å². The maximum absolute atomic E-state index is 12.7. The molecule has 0 saturated carbocycles. The van der Waals surface area contributed by atoms with E-state index in [9.17, 15) is 23.3 Å². The molecule has 142 valence electrons. The lowest BCUT2D eigenvalue weighted by atomic mass is 10.0. The van der Waals surface area contributed by atoms with Crippen LogP contribution in [0.15, 0.2) is 41.3 Å². The lowest BCUT2D eigenvalue weighted by Crippen LogP contribution is -2.30. The van der Waals surface area contributed by atoms with Crippen LogP contribution in [0.25, 0.3) is 6.08 Å². The van der Waals surface area contributed by atoms with Crippen LogP contribution in [-0.4, -0.2) is 19.2 Å².